The van der Waals surface area contributed by atoms with Crippen molar-refractivity contribution in [2.45, 2.75) is 13.5 Å². The van der Waals surface area contributed by atoms with E-state index in [0.29, 0.717) is 23.8 Å². The Bertz CT molecular complexity index is 881. The minimum absolute atomic E-state index is 0.0542. The van der Waals surface area contributed by atoms with E-state index in [1.54, 1.807) is 24.1 Å². The summed E-state index contributed by atoms with van der Waals surface area (Å²) in [7, 11) is 1.78. The van der Waals surface area contributed by atoms with Crippen LogP contribution < -0.4 is 5.32 Å². The molecule has 0 aromatic heterocycles. The maximum absolute atomic E-state index is 12.6. The van der Waals surface area contributed by atoms with Gasteiger partial charge >= 0.3 is 0 Å². The van der Waals surface area contributed by atoms with Crippen molar-refractivity contribution in [3.05, 3.63) is 64.7 Å². The molecule has 1 aliphatic rings. The van der Waals surface area contributed by atoms with Crippen molar-refractivity contribution < 1.29 is 9.59 Å². The van der Waals surface area contributed by atoms with Gasteiger partial charge in [-0.25, -0.2) is 0 Å². The van der Waals surface area contributed by atoms with Gasteiger partial charge < -0.3 is 10.2 Å². The number of benzene rings is 2. The number of halogens is 1. The Morgan fingerprint density at radius 1 is 1.00 bits per heavy atom. The third kappa shape index (κ3) is 6.29. The minimum atomic E-state index is -0.193. The number of nitrogens with one attached hydrogen (secondary N) is 1. The molecule has 2 aromatic rings. The average molecular weight is 429 g/mol. The van der Waals surface area contributed by atoms with Gasteiger partial charge in [0.1, 0.15) is 0 Å². The van der Waals surface area contributed by atoms with Crippen LogP contribution in [-0.2, 0) is 16.1 Å². The van der Waals surface area contributed by atoms with E-state index in [0.717, 1.165) is 19.6 Å². The molecule has 1 heterocycles. The van der Waals surface area contributed by atoms with Crippen molar-refractivity contribution in [3.63, 3.8) is 0 Å². The first-order valence-electron chi connectivity index (χ1n) is 10.2. The second kappa shape index (κ2) is 10.6. The monoisotopic (exact) mass is 428 g/mol. The lowest BCUT2D eigenvalue weighted by Gasteiger charge is -2.35. The summed E-state index contributed by atoms with van der Waals surface area (Å²) < 4.78 is 0. The molecule has 1 fully saturated rings. The van der Waals surface area contributed by atoms with Gasteiger partial charge in [-0.1, -0.05) is 48.0 Å². The summed E-state index contributed by atoms with van der Waals surface area (Å²) >= 11 is 6.07. The van der Waals surface area contributed by atoms with Crippen molar-refractivity contribution in [1.82, 2.24) is 14.7 Å². The van der Waals surface area contributed by atoms with Gasteiger partial charge in [-0.05, 0) is 37.2 Å². The maximum Gasteiger partial charge on any atom is 0.238 e. The van der Waals surface area contributed by atoms with Crippen LogP contribution in [-0.4, -0.2) is 72.8 Å². The number of para-hydroxylation sites is 1. The lowest BCUT2D eigenvalue weighted by Crippen LogP contribution is -2.51. The van der Waals surface area contributed by atoms with Crippen LogP contribution in [0.4, 0.5) is 5.69 Å². The number of piperazine rings is 1. The molecular weight excluding hydrogens is 400 g/mol. The number of hydrogen-bond acceptors (Lipinski definition) is 4. The predicted molar refractivity (Wildman–Crippen MR) is 121 cm³/mol. The Morgan fingerprint density at radius 2 is 1.67 bits per heavy atom. The molecule has 2 aromatic carbocycles. The summed E-state index contributed by atoms with van der Waals surface area (Å²) in [6.45, 7) is 6.53. The molecule has 0 bridgehead atoms. The number of likely N-dealkylation sites (N-methyl/N-ethyl adjacent to an activating group) is 1. The SMILES string of the molecule is Cc1ccccc1CN1CCN(C(=O)CN(C)CC(=O)Nc2ccccc2Cl)CC1. The number of aryl methyl sites for hydroxylation is 1. The number of amides is 2. The molecule has 0 radical (unpaired) electrons. The first kappa shape index (κ1) is 22.3. The van der Waals surface area contributed by atoms with E-state index in [1.807, 2.05) is 17.0 Å². The fraction of sp³-hybridized carbons (Fsp3) is 0.391. The molecule has 0 aliphatic carbocycles. The quantitative estimate of drug-likeness (QED) is 0.736. The molecule has 1 N–H and O–H groups in total. The van der Waals surface area contributed by atoms with E-state index in [9.17, 15) is 9.59 Å². The molecular formula is C23H29ClN4O2. The van der Waals surface area contributed by atoms with Crippen LogP contribution in [0.25, 0.3) is 0 Å². The summed E-state index contributed by atoms with van der Waals surface area (Å²) in [4.78, 5) is 30.9. The van der Waals surface area contributed by atoms with Crippen LogP contribution >= 0.6 is 11.6 Å². The number of hydrogen-bond donors (Lipinski definition) is 1. The van der Waals surface area contributed by atoms with Crippen LogP contribution in [0.1, 0.15) is 11.1 Å². The highest BCUT2D eigenvalue weighted by atomic mass is 35.5. The van der Waals surface area contributed by atoms with Gasteiger partial charge in [-0.3, -0.25) is 19.4 Å². The zero-order valence-electron chi connectivity index (χ0n) is 17.6. The van der Waals surface area contributed by atoms with Crippen LogP contribution in [0, 0.1) is 6.92 Å². The molecule has 0 unspecified atom stereocenters. The summed E-state index contributed by atoms with van der Waals surface area (Å²) in [5, 5.41) is 3.28. The van der Waals surface area contributed by atoms with E-state index in [4.69, 9.17) is 11.6 Å². The van der Waals surface area contributed by atoms with Gasteiger partial charge in [0, 0.05) is 32.7 Å². The fourth-order valence-corrected chi connectivity index (χ4v) is 3.75. The Balaban J connectivity index is 1.41. The molecule has 7 heteroatoms. The van der Waals surface area contributed by atoms with E-state index in [2.05, 4.69) is 41.4 Å². The molecule has 3 rings (SSSR count). The molecule has 30 heavy (non-hydrogen) atoms. The zero-order valence-corrected chi connectivity index (χ0v) is 18.4. The number of carbonyl (C=O) groups excluding carboxylic acids is 2. The lowest BCUT2D eigenvalue weighted by atomic mass is 10.1. The number of carbonyl (C=O) groups is 2. The topological polar surface area (TPSA) is 55.9 Å². The first-order valence-corrected chi connectivity index (χ1v) is 10.6. The standard InChI is InChI=1S/C23H29ClN4O2/c1-18-7-3-4-8-19(18)15-27-11-13-28(14-12-27)23(30)17-26(2)16-22(29)25-21-10-6-5-9-20(21)24/h3-10H,11-17H2,1-2H3,(H,25,29). The number of rotatable bonds is 7. The summed E-state index contributed by atoms with van der Waals surface area (Å²) in [5.41, 5.74) is 3.21. The minimum Gasteiger partial charge on any atom is -0.339 e. The van der Waals surface area contributed by atoms with Gasteiger partial charge in [-0.2, -0.15) is 0 Å². The van der Waals surface area contributed by atoms with E-state index < -0.39 is 0 Å². The van der Waals surface area contributed by atoms with Crippen LogP contribution in [0.3, 0.4) is 0 Å². The van der Waals surface area contributed by atoms with Crippen LogP contribution in [0.15, 0.2) is 48.5 Å². The van der Waals surface area contributed by atoms with Gasteiger partial charge in [0.2, 0.25) is 11.8 Å². The van der Waals surface area contributed by atoms with Crippen LogP contribution in [0.5, 0.6) is 0 Å². The second-order valence-electron chi connectivity index (χ2n) is 7.78. The molecule has 0 saturated carbocycles. The van der Waals surface area contributed by atoms with Gasteiger partial charge in [0.25, 0.3) is 0 Å². The Morgan fingerprint density at radius 3 is 2.37 bits per heavy atom. The highest BCUT2D eigenvalue weighted by Crippen LogP contribution is 2.20. The third-order valence-electron chi connectivity index (χ3n) is 5.35. The summed E-state index contributed by atoms with van der Waals surface area (Å²) in [6, 6.07) is 15.5. The van der Waals surface area contributed by atoms with Crippen molar-refractivity contribution in [2.24, 2.45) is 0 Å². The summed E-state index contributed by atoms with van der Waals surface area (Å²) in [5.74, 6) is -0.139. The molecule has 0 atom stereocenters. The lowest BCUT2D eigenvalue weighted by molar-refractivity contribution is -0.134. The number of anilines is 1. The molecule has 160 valence electrons. The largest absolute Gasteiger partial charge is 0.339 e. The summed E-state index contributed by atoms with van der Waals surface area (Å²) in [6.07, 6.45) is 0. The zero-order chi connectivity index (χ0) is 21.5. The fourth-order valence-electron chi connectivity index (χ4n) is 3.57. The predicted octanol–water partition coefficient (Wildman–Crippen LogP) is 2.86. The highest BCUT2D eigenvalue weighted by molar-refractivity contribution is 6.33. The van der Waals surface area contributed by atoms with E-state index >= 15 is 0 Å². The maximum atomic E-state index is 12.6. The van der Waals surface area contributed by atoms with Crippen molar-refractivity contribution in [3.8, 4) is 0 Å². The second-order valence-corrected chi connectivity index (χ2v) is 8.19. The van der Waals surface area contributed by atoms with E-state index in [-0.39, 0.29) is 24.9 Å². The van der Waals surface area contributed by atoms with Crippen LogP contribution in [0.2, 0.25) is 5.02 Å². The third-order valence-corrected chi connectivity index (χ3v) is 5.68. The number of nitrogens with zero attached hydrogens (tertiary/aromatic N) is 3. The normalized spacial score (nSPS) is 14.7. The van der Waals surface area contributed by atoms with Crippen molar-refractivity contribution in [2.75, 3.05) is 51.6 Å². The Hall–Kier alpha value is -2.41. The molecule has 1 aliphatic heterocycles. The smallest absolute Gasteiger partial charge is 0.238 e. The Kier molecular flexibility index (Phi) is 7.85. The average Bonchev–Trinajstić information content (AvgIpc) is 2.72. The Labute approximate surface area is 183 Å². The molecule has 0 spiro atoms. The first-order chi connectivity index (χ1) is 14.4. The van der Waals surface area contributed by atoms with E-state index in [1.165, 1.54) is 11.1 Å². The van der Waals surface area contributed by atoms with Gasteiger partial charge in [0.05, 0.1) is 23.8 Å². The van der Waals surface area contributed by atoms with Crippen molar-refractivity contribution >= 4 is 29.1 Å². The van der Waals surface area contributed by atoms with Gasteiger partial charge in [0.15, 0.2) is 0 Å². The molecule has 6 nitrogen and oxygen atoms in total. The molecule has 1 saturated heterocycles. The van der Waals surface area contributed by atoms with Crippen molar-refractivity contribution in [1.29, 1.82) is 0 Å². The van der Waals surface area contributed by atoms with Gasteiger partial charge in [-0.15, -0.1) is 0 Å². The highest BCUT2D eigenvalue weighted by Gasteiger charge is 2.22. The molecule has 2 amide bonds.